The number of amides is 2. The van der Waals surface area contributed by atoms with Crippen LogP contribution in [0.3, 0.4) is 0 Å². The molecule has 0 bridgehead atoms. The van der Waals surface area contributed by atoms with Gasteiger partial charge in [-0.1, -0.05) is 0 Å². The molecular formula is C10H18N2O4. The van der Waals surface area contributed by atoms with Crippen molar-refractivity contribution >= 4 is 12.0 Å². The highest BCUT2D eigenvalue weighted by atomic mass is 16.6. The molecule has 6 heteroatoms. The minimum Gasteiger partial charge on any atom is -0.444 e. The molecule has 0 saturated carbocycles. The van der Waals surface area contributed by atoms with Gasteiger partial charge >= 0.3 is 6.09 Å². The molecule has 1 fully saturated rings. The van der Waals surface area contributed by atoms with Gasteiger partial charge in [0.15, 0.2) is 0 Å². The van der Waals surface area contributed by atoms with E-state index in [0.717, 1.165) is 0 Å². The zero-order chi connectivity index (χ0) is 12.6. The maximum absolute atomic E-state index is 11.5. The molecule has 3 N–H and O–H groups in total. The maximum atomic E-state index is 11.5. The van der Waals surface area contributed by atoms with Crippen LogP contribution in [0, 0.1) is 0 Å². The molecule has 0 unspecified atom stereocenters. The van der Waals surface area contributed by atoms with Gasteiger partial charge in [-0.3, -0.25) is 4.79 Å². The molecule has 2 amide bonds. The predicted molar refractivity (Wildman–Crippen MR) is 56.6 cm³/mol. The molecule has 1 aliphatic heterocycles. The Hall–Kier alpha value is -1.30. The average molecular weight is 230 g/mol. The zero-order valence-corrected chi connectivity index (χ0v) is 9.82. The lowest BCUT2D eigenvalue weighted by Gasteiger charge is -2.45. The van der Waals surface area contributed by atoms with Crippen LogP contribution in [-0.4, -0.2) is 46.3 Å². The third-order valence-corrected chi connectivity index (χ3v) is 2.13. The Morgan fingerprint density at radius 3 is 2.31 bits per heavy atom. The van der Waals surface area contributed by atoms with Gasteiger partial charge in [0, 0.05) is 0 Å². The van der Waals surface area contributed by atoms with Crippen molar-refractivity contribution in [3.8, 4) is 0 Å². The zero-order valence-electron chi connectivity index (χ0n) is 9.82. The summed E-state index contributed by atoms with van der Waals surface area (Å²) in [6.07, 6.45) is -0.617. The first-order valence-corrected chi connectivity index (χ1v) is 5.10. The van der Waals surface area contributed by atoms with Gasteiger partial charge in [-0.2, -0.15) is 0 Å². The molecule has 1 rings (SSSR count). The summed E-state index contributed by atoms with van der Waals surface area (Å²) in [6, 6.07) is 0. The number of aliphatic hydroxyl groups is 1. The van der Waals surface area contributed by atoms with E-state index in [2.05, 4.69) is 0 Å². The lowest BCUT2D eigenvalue weighted by molar-refractivity contribution is -0.135. The first-order valence-electron chi connectivity index (χ1n) is 5.10. The molecule has 1 aliphatic rings. The molecular weight excluding hydrogens is 212 g/mol. The minimum atomic E-state index is -1.18. The highest BCUT2D eigenvalue weighted by Crippen LogP contribution is 2.25. The van der Waals surface area contributed by atoms with Gasteiger partial charge in [0.2, 0.25) is 5.91 Å². The predicted octanol–water partition coefficient (Wildman–Crippen LogP) is -0.156. The fourth-order valence-corrected chi connectivity index (χ4v) is 1.56. The number of primary amides is 1. The molecule has 1 heterocycles. The molecule has 92 valence electrons. The fraction of sp³-hybridized carbons (Fsp3) is 0.800. The van der Waals surface area contributed by atoms with Crippen LogP contribution in [0.1, 0.15) is 27.2 Å². The highest BCUT2D eigenvalue weighted by Gasteiger charge is 2.45. The van der Waals surface area contributed by atoms with Crippen molar-refractivity contribution in [3.63, 3.8) is 0 Å². The van der Waals surface area contributed by atoms with Gasteiger partial charge in [0.1, 0.15) is 11.2 Å². The molecule has 0 atom stereocenters. The summed E-state index contributed by atoms with van der Waals surface area (Å²) in [7, 11) is 0. The Morgan fingerprint density at radius 2 is 1.94 bits per heavy atom. The van der Waals surface area contributed by atoms with Gasteiger partial charge < -0.3 is 20.5 Å². The number of rotatable bonds is 2. The molecule has 0 aliphatic carbocycles. The molecule has 16 heavy (non-hydrogen) atoms. The third-order valence-electron chi connectivity index (χ3n) is 2.13. The second-order valence-corrected chi connectivity index (χ2v) is 5.20. The quantitative estimate of drug-likeness (QED) is 0.689. The number of ether oxygens (including phenoxy) is 1. The van der Waals surface area contributed by atoms with Crippen molar-refractivity contribution in [3.05, 3.63) is 0 Å². The Labute approximate surface area is 94.3 Å². The van der Waals surface area contributed by atoms with E-state index in [9.17, 15) is 14.7 Å². The van der Waals surface area contributed by atoms with E-state index in [1.165, 1.54) is 4.90 Å². The van der Waals surface area contributed by atoms with E-state index >= 15 is 0 Å². The van der Waals surface area contributed by atoms with Gasteiger partial charge in [-0.15, -0.1) is 0 Å². The van der Waals surface area contributed by atoms with Crippen LogP contribution in [0.15, 0.2) is 0 Å². The molecule has 0 aromatic carbocycles. The second kappa shape index (κ2) is 3.93. The maximum Gasteiger partial charge on any atom is 0.410 e. The van der Waals surface area contributed by atoms with E-state index in [0.29, 0.717) is 0 Å². The van der Waals surface area contributed by atoms with Crippen LogP contribution in [0.5, 0.6) is 0 Å². The molecule has 1 saturated heterocycles. The summed E-state index contributed by atoms with van der Waals surface area (Å²) in [6.45, 7) is 5.47. The summed E-state index contributed by atoms with van der Waals surface area (Å²) in [5.41, 5.74) is 3.24. The molecule has 0 radical (unpaired) electrons. The molecule has 0 aromatic heterocycles. The summed E-state index contributed by atoms with van der Waals surface area (Å²) in [5.74, 6) is -0.577. The van der Waals surface area contributed by atoms with Crippen LogP contribution < -0.4 is 5.73 Å². The van der Waals surface area contributed by atoms with Gasteiger partial charge in [-0.25, -0.2) is 4.79 Å². The smallest absolute Gasteiger partial charge is 0.410 e. The van der Waals surface area contributed by atoms with E-state index < -0.39 is 23.2 Å². The fourth-order valence-electron chi connectivity index (χ4n) is 1.56. The highest BCUT2D eigenvalue weighted by molar-refractivity contribution is 5.76. The van der Waals surface area contributed by atoms with Gasteiger partial charge in [-0.05, 0) is 20.8 Å². The number of carbonyl (C=O) groups is 2. The van der Waals surface area contributed by atoms with Crippen molar-refractivity contribution in [2.24, 2.45) is 5.73 Å². The summed E-state index contributed by atoms with van der Waals surface area (Å²) < 4.78 is 5.10. The largest absolute Gasteiger partial charge is 0.444 e. The van der Waals surface area contributed by atoms with Crippen LogP contribution in [-0.2, 0) is 9.53 Å². The molecule has 6 nitrogen and oxygen atoms in total. The first-order chi connectivity index (χ1) is 7.11. The first kappa shape index (κ1) is 12.8. The summed E-state index contributed by atoms with van der Waals surface area (Å²) in [4.78, 5) is 23.5. The summed E-state index contributed by atoms with van der Waals surface area (Å²) >= 11 is 0. The minimum absolute atomic E-state index is 0.0881. The number of hydrogen-bond donors (Lipinski definition) is 2. The standard InChI is InChI=1S/C10H18N2O4/c1-9(2,3)16-8(14)12-5-10(15,6-12)4-7(11)13/h15H,4-6H2,1-3H3,(H2,11,13). The van der Waals surface area contributed by atoms with Crippen LogP contribution in [0.2, 0.25) is 0 Å². The second-order valence-electron chi connectivity index (χ2n) is 5.20. The molecule has 0 aromatic rings. The van der Waals surface area contributed by atoms with E-state index in [-0.39, 0.29) is 19.5 Å². The average Bonchev–Trinajstić information content (AvgIpc) is 1.94. The van der Waals surface area contributed by atoms with Gasteiger partial charge in [0.25, 0.3) is 0 Å². The van der Waals surface area contributed by atoms with E-state index in [1.807, 2.05) is 0 Å². The lowest BCUT2D eigenvalue weighted by atomic mass is 9.91. The Balaban J connectivity index is 2.41. The Kier molecular flexibility index (Phi) is 3.14. The van der Waals surface area contributed by atoms with Crippen molar-refractivity contribution < 1.29 is 19.4 Å². The number of nitrogens with zero attached hydrogens (tertiary/aromatic N) is 1. The number of carbonyl (C=O) groups excluding carboxylic acids is 2. The topological polar surface area (TPSA) is 92.9 Å². The monoisotopic (exact) mass is 230 g/mol. The van der Waals surface area contributed by atoms with E-state index in [1.54, 1.807) is 20.8 Å². The van der Waals surface area contributed by atoms with Crippen LogP contribution >= 0.6 is 0 Å². The third kappa shape index (κ3) is 3.37. The summed E-state index contributed by atoms with van der Waals surface area (Å²) in [5, 5.41) is 9.75. The lowest BCUT2D eigenvalue weighted by Crippen LogP contribution is -2.65. The van der Waals surface area contributed by atoms with Crippen LogP contribution in [0.4, 0.5) is 4.79 Å². The van der Waals surface area contributed by atoms with Crippen molar-refractivity contribution in [2.45, 2.75) is 38.4 Å². The molecule has 0 spiro atoms. The van der Waals surface area contributed by atoms with Crippen molar-refractivity contribution in [1.82, 2.24) is 4.90 Å². The van der Waals surface area contributed by atoms with Crippen LogP contribution in [0.25, 0.3) is 0 Å². The number of likely N-dealkylation sites (tertiary alicyclic amines) is 1. The van der Waals surface area contributed by atoms with Crippen molar-refractivity contribution in [1.29, 1.82) is 0 Å². The number of hydrogen-bond acceptors (Lipinski definition) is 4. The number of nitrogens with two attached hydrogens (primary N) is 1. The van der Waals surface area contributed by atoms with Crippen molar-refractivity contribution in [2.75, 3.05) is 13.1 Å². The van der Waals surface area contributed by atoms with E-state index in [4.69, 9.17) is 10.5 Å². The van der Waals surface area contributed by atoms with Gasteiger partial charge in [0.05, 0.1) is 19.5 Å². The Bertz CT molecular complexity index is 302. The Morgan fingerprint density at radius 1 is 1.44 bits per heavy atom. The normalized spacial score (nSPS) is 18.9. The number of β-amino-alcohol motifs (C(OH)–C–C–N with tert-alkyl or cyclic N) is 1. The SMILES string of the molecule is CC(C)(C)OC(=O)N1CC(O)(CC(N)=O)C1.